The molecule has 0 aliphatic rings. The van der Waals surface area contributed by atoms with Gasteiger partial charge in [0.25, 0.3) is 0 Å². The molecule has 1 N–H and O–H groups in total. The molecule has 0 aliphatic heterocycles. The second-order valence-corrected chi connectivity index (χ2v) is 1.02. The van der Waals surface area contributed by atoms with Crippen molar-refractivity contribution in [3.8, 4) is 0 Å². The van der Waals surface area contributed by atoms with E-state index in [1.165, 1.54) is 12.4 Å². The maximum absolute atomic E-state index is 9.78. The second-order valence-electron chi connectivity index (χ2n) is 1.02. The third-order valence-corrected chi connectivity index (χ3v) is 0.321. The van der Waals surface area contributed by atoms with Crippen LogP contribution in [0.3, 0.4) is 0 Å². The Morgan fingerprint density at radius 3 is 2.50 bits per heavy atom. The zero-order valence-electron chi connectivity index (χ0n) is 3.52. The monoisotopic (exact) mass is 88.0 g/mol. The van der Waals surface area contributed by atoms with Gasteiger partial charge in [-0.15, -0.1) is 0 Å². The molecule has 0 saturated heterocycles. The number of nitrogens with one attached hydrogen (secondary N) is 1. The summed E-state index contributed by atoms with van der Waals surface area (Å²) in [5.74, 6) is -0.134. The summed E-state index contributed by atoms with van der Waals surface area (Å²) >= 11 is 0. The Hall–Kier alpha value is -0.410. The number of hydrogen-bond acceptors (Lipinski definition) is 3. The SMILES string of the molecule is CC(=O)CN[O-]. The quantitative estimate of drug-likeness (QED) is 0.470. The molecule has 36 valence electrons. The lowest BCUT2D eigenvalue weighted by Crippen LogP contribution is -2.12. The van der Waals surface area contributed by atoms with Crippen LogP contribution in [-0.4, -0.2) is 12.3 Å². The third kappa shape index (κ3) is 3.59. The van der Waals surface area contributed by atoms with E-state index in [9.17, 15) is 10.0 Å². The second kappa shape index (κ2) is 2.81. The van der Waals surface area contributed by atoms with Gasteiger partial charge in [-0.05, 0) is 6.92 Å². The van der Waals surface area contributed by atoms with E-state index in [-0.39, 0.29) is 12.3 Å². The average molecular weight is 88.1 g/mol. The van der Waals surface area contributed by atoms with Crippen LogP contribution in [-0.2, 0) is 4.79 Å². The van der Waals surface area contributed by atoms with Gasteiger partial charge in [0.2, 0.25) is 0 Å². The first kappa shape index (κ1) is 5.59. The molecule has 0 heterocycles. The maximum atomic E-state index is 9.78. The van der Waals surface area contributed by atoms with Crippen molar-refractivity contribution in [3.63, 3.8) is 0 Å². The van der Waals surface area contributed by atoms with Crippen LogP contribution in [0.4, 0.5) is 0 Å². The fourth-order valence-corrected chi connectivity index (χ4v) is 0.102. The van der Waals surface area contributed by atoms with Crippen molar-refractivity contribution in [2.75, 3.05) is 6.54 Å². The molecule has 6 heavy (non-hydrogen) atoms. The molecule has 0 bridgehead atoms. The first-order chi connectivity index (χ1) is 2.77. The van der Waals surface area contributed by atoms with Crippen molar-refractivity contribution >= 4 is 5.78 Å². The van der Waals surface area contributed by atoms with Crippen LogP contribution in [0.1, 0.15) is 6.92 Å². The number of hydrogen-bond donors (Lipinski definition) is 1. The van der Waals surface area contributed by atoms with Crippen LogP contribution in [0, 0.1) is 5.21 Å². The van der Waals surface area contributed by atoms with Gasteiger partial charge >= 0.3 is 0 Å². The maximum Gasteiger partial charge on any atom is 0.142 e. The van der Waals surface area contributed by atoms with Gasteiger partial charge in [-0.1, -0.05) is 0 Å². The fraction of sp³-hybridized carbons (Fsp3) is 0.667. The zero-order chi connectivity index (χ0) is 4.99. The zero-order valence-corrected chi connectivity index (χ0v) is 3.52. The van der Waals surface area contributed by atoms with E-state index in [0.717, 1.165) is 0 Å². The average Bonchev–Trinajstić information content (AvgIpc) is 1.35. The Labute approximate surface area is 35.9 Å². The van der Waals surface area contributed by atoms with Crippen molar-refractivity contribution in [1.82, 2.24) is 5.48 Å². The van der Waals surface area contributed by atoms with Gasteiger partial charge in [0.1, 0.15) is 5.78 Å². The number of ketones is 1. The molecule has 0 amide bonds. The van der Waals surface area contributed by atoms with E-state index in [4.69, 9.17) is 0 Å². The summed E-state index contributed by atoms with van der Waals surface area (Å²) in [5.41, 5.74) is 1.47. The number of carbonyl (C=O) groups is 1. The topological polar surface area (TPSA) is 52.2 Å². The van der Waals surface area contributed by atoms with Crippen LogP contribution in [0.15, 0.2) is 0 Å². The molecule has 0 rings (SSSR count). The number of rotatable bonds is 2. The summed E-state index contributed by atoms with van der Waals surface area (Å²) in [5, 5.41) is 9.27. The molecule has 0 fully saturated rings. The minimum Gasteiger partial charge on any atom is -0.787 e. The first-order valence-electron chi connectivity index (χ1n) is 1.62. The highest BCUT2D eigenvalue weighted by Gasteiger charge is 1.79. The number of carbonyl (C=O) groups excluding carboxylic acids is 1. The summed E-state index contributed by atoms with van der Waals surface area (Å²) in [7, 11) is 0. The summed E-state index contributed by atoms with van der Waals surface area (Å²) < 4.78 is 0. The summed E-state index contributed by atoms with van der Waals surface area (Å²) in [6.45, 7) is 1.28. The van der Waals surface area contributed by atoms with E-state index in [0.29, 0.717) is 0 Å². The van der Waals surface area contributed by atoms with Crippen molar-refractivity contribution in [1.29, 1.82) is 0 Å². The van der Waals surface area contributed by atoms with Crippen molar-refractivity contribution < 1.29 is 4.79 Å². The highest BCUT2D eigenvalue weighted by Crippen LogP contribution is 1.57. The molecule has 3 heteroatoms. The summed E-state index contributed by atoms with van der Waals surface area (Å²) in [4.78, 5) is 9.78. The smallest absolute Gasteiger partial charge is 0.142 e. The van der Waals surface area contributed by atoms with Crippen LogP contribution in [0.2, 0.25) is 0 Å². The van der Waals surface area contributed by atoms with Gasteiger partial charge < -0.3 is 10.7 Å². The Morgan fingerprint density at radius 1 is 2.00 bits per heavy atom. The largest absolute Gasteiger partial charge is 0.787 e. The molecule has 0 aromatic heterocycles. The predicted molar refractivity (Wildman–Crippen MR) is 22.1 cm³/mol. The molecule has 0 aromatic rings. The van der Waals surface area contributed by atoms with Gasteiger partial charge in [0, 0.05) is 6.54 Å². The van der Waals surface area contributed by atoms with E-state index in [1.807, 2.05) is 0 Å². The van der Waals surface area contributed by atoms with Crippen LogP contribution in [0.5, 0.6) is 0 Å². The summed E-state index contributed by atoms with van der Waals surface area (Å²) in [6, 6.07) is 0. The van der Waals surface area contributed by atoms with Gasteiger partial charge in [-0.2, -0.15) is 0 Å². The van der Waals surface area contributed by atoms with E-state index in [1.54, 1.807) is 0 Å². The molecule has 3 nitrogen and oxygen atoms in total. The highest BCUT2D eigenvalue weighted by molar-refractivity contribution is 5.77. The van der Waals surface area contributed by atoms with Gasteiger partial charge in [-0.3, -0.25) is 4.79 Å². The van der Waals surface area contributed by atoms with Crippen molar-refractivity contribution in [3.05, 3.63) is 5.21 Å². The number of Topliss-reactive ketones (excluding diaryl/α,β-unsaturated/α-hetero) is 1. The molecule has 0 radical (unpaired) electrons. The molecule has 0 saturated carbocycles. The molecule has 0 atom stereocenters. The first-order valence-corrected chi connectivity index (χ1v) is 1.62. The van der Waals surface area contributed by atoms with Gasteiger partial charge in [0.15, 0.2) is 0 Å². The van der Waals surface area contributed by atoms with Crippen molar-refractivity contribution in [2.24, 2.45) is 0 Å². The third-order valence-electron chi connectivity index (χ3n) is 0.321. The van der Waals surface area contributed by atoms with Gasteiger partial charge in [0.05, 0.1) is 0 Å². The lowest BCUT2D eigenvalue weighted by molar-refractivity contribution is -0.116. The minimum absolute atomic E-state index is 0.0694. The lowest BCUT2D eigenvalue weighted by Gasteiger charge is -1.99. The lowest BCUT2D eigenvalue weighted by atomic mass is 10.5. The highest BCUT2D eigenvalue weighted by atomic mass is 16.5. The van der Waals surface area contributed by atoms with Crippen LogP contribution in [0.25, 0.3) is 0 Å². The normalized spacial score (nSPS) is 8.33. The molecule has 0 unspecified atom stereocenters. The Bertz CT molecular complexity index is 52.8. The molecular weight excluding hydrogens is 82.0 g/mol. The minimum atomic E-state index is -0.134. The standard InChI is InChI=1S/C3H6NO2/c1-3(5)2-4-6/h4H,2H2,1H3/q-1. The Balaban J connectivity index is 2.83. The molecule has 0 spiro atoms. The van der Waals surface area contributed by atoms with E-state index in [2.05, 4.69) is 0 Å². The number of hydroxylamine groups is 1. The van der Waals surface area contributed by atoms with Gasteiger partial charge in [-0.25, -0.2) is 0 Å². The van der Waals surface area contributed by atoms with Crippen LogP contribution < -0.4 is 5.48 Å². The fourth-order valence-electron chi connectivity index (χ4n) is 0.102. The molecule has 0 aliphatic carbocycles. The van der Waals surface area contributed by atoms with Crippen LogP contribution >= 0.6 is 0 Å². The Morgan fingerprint density at radius 2 is 2.50 bits per heavy atom. The molecular formula is C3H6NO2-. The predicted octanol–water partition coefficient (Wildman–Crippen LogP) is -0.337. The molecule has 0 aromatic carbocycles. The van der Waals surface area contributed by atoms with E-state index < -0.39 is 0 Å². The summed E-state index contributed by atoms with van der Waals surface area (Å²) in [6.07, 6.45) is 0. The Kier molecular flexibility index (Phi) is 2.62. The van der Waals surface area contributed by atoms with Crippen molar-refractivity contribution in [2.45, 2.75) is 6.92 Å². The van der Waals surface area contributed by atoms with E-state index >= 15 is 0 Å².